The van der Waals surface area contributed by atoms with Crippen LogP contribution in [0.3, 0.4) is 0 Å². The smallest absolute Gasteiger partial charge is 0.250 e. The van der Waals surface area contributed by atoms with Gasteiger partial charge in [-0.05, 0) is 43.3 Å². The number of rotatable bonds is 9. The van der Waals surface area contributed by atoms with Crippen molar-refractivity contribution < 1.29 is 14.3 Å². The van der Waals surface area contributed by atoms with Crippen molar-refractivity contribution in [1.82, 2.24) is 20.2 Å². The number of carbonyl (C=O) groups excluding carboxylic acids is 1. The van der Waals surface area contributed by atoms with Crippen LogP contribution in [0.2, 0.25) is 5.02 Å². The minimum atomic E-state index is -0.286. The lowest BCUT2D eigenvalue weighted by atomic mass is 10.1. The van der Waals surface area contributed by atoms with Gasteiger partial charge in [-0.1, -0.05) is 53.2 Å². The number of nitrogens with zero attached hydrogens (tertiary/aromatic N) is 4. The predicted molar refractivity (Wildman–Crippen MR) is 143 cm³/mol. The maximum absolute atomic E-state index is 12.5. The summed E-state index contributed by atoms with van der Waals surface area (Å²) in [5.74, 6) is 1.73. The third-order valence-corrected chi connectivity index (χ3v) is 6.37. The lowest BCUT2D eigenvalue weighted by Crippen LogP contribution is -2.20. The number of hydrogen-bond donors (Lipinski definition) is 1. The summed E-state index contributed by atoms with van der Waals surface area (Å²) in [5, 5.41) is 14.0. The Bertz CT molecular complexity index is 1370. The quantitative estimate of drug-likeness (QED) is 0.186. The van der Waals surface area contributed by atoms with Crippen molar-refractivity contribution in [3.8, 4) is 28.6 Å². The van der Waals surface area contributed by atoms with E-state index < -0.39 is 0 Å². The zero-order chi connectivity index (χ0) is 25.5. The first kappa shape index (κ1) is 25.3. The van der Waals surface area contributed by atoms with Crippen LogP contribution in [0.5, 0.6) is 11.5 Å². The van der Waals surface area contributed by atoms with E-state index in [1.165, 1.54) is 18.0 Å². The molecule has 36 heavy (non-hydrogen) atoms. The van der Waals surface area contributed by atoms with E-state index in [2.05, 4.69) is 20.7 Å². The molecule has 184 valence electrons. The van der Waals surface area contributed by atoms with E-state index in [0.29, 0.717) is 33.1 Å². The summed E-state index contributed by atoms with van der Waals surface area (Å²) in [6, 6.07) is 20.7. The molecule has 4 aromatic rings. The van der Waals surface area contributed by atoms with E-state index >= 15 is 0 Å². The van der Waals surface area contributed by atoms with Crippen LogP contribution in [0, 0.1) is 6.92 Å². The Morgan fingerprint density at radius 3 is 2.50 bits per heavy atom. The molecule has 0 unspecified atom stereocenters. The number of aryl methyl sites for hydroxylation is 1. The number of hydrogen-bond acceptors (Lipinski definition) is 7. The second-order valence-corrected chi connectivity index (χ2v) is 9.05. The fraction of sp³-hybridized carbons (Fsp3) is 0.154. The van der Waals surface area contributed by atoms with Gasteiger partial charge in [0.2, 0.25) is 0 Å². The minimum Gasteiger partial charge on any atom is -0.497 e. The highest BCUT2D eigenvalue weighted by molar-refractivity contribution is 7.99. The molecule has 0 aliphatic heterocycles. The predicted octanol–water partition coefficient (Wildman–Crippen LogP) is 5.16. The Hall–Kier alpha value is -3.82. The molecule has 1 heterocycles. The highest BCUT2D eigenvalue weighted by Gasteiger charge is 2.17. The molecule has 0 aliphatic rings. The van der Waals surface area contributed by atoms with Crippen molar-refractivity contribution >= 4 is 35.5 Å². The highest BCUT2D eigenvalue weighted by atomic mass is 35.5. The van der Waals surface area contributed by atoms with Crippen LogP contribution in [-0.2, 0) is 4.79 Å². The molecule has 8 nitrogen and oxygen atoms in total. The van der Waals surface area contributed by atoms with Crippen LogP contribution < -0.4 is 14.9 Å². The molecule has 1 amide bonds. The van der Waals surface area contributed by atoms with Gasteiger partial charge in [0.05, 0.1) is 26.2 Å². The molecule has 0 fully saturated rings. The number of aromatic nitrogens is 3. The average Bonchev–Trinajstić information content (AvgIpc) is 3.32. The van der Waals surface area contributed by atoms with E-state index in [0.717, 1.165) is 16.8 Å². The Morgan fingerprint density at radius 2 is 1.81 bits per heavy atom. The molecule has 1 aromatic heterocycles. The van der Waals surface area contributed by atoms with Crippen molar-refractivity contribution in [2.75, 3.05) is 20.0 Å². The van der Waals surface area contributed by atoms with E-state index in [4.69, 9.17) is 21.1 Å². The topological polar surface area (TPSA) is 90.6 Å². The fourth-order valence-electron chi connectivity index (χ4n) is 3.34. The number of ether oxygens (including phenoxy) is 2. The molecule has 0 saturated heterocycles. The number of halogens is 1. The summed E-state index contributed by atoms with van der Waals surface area (Å²) in [7, 11) is 3.14. The van der Waals surface area contributed by atoms with Crippen LogP contribution in [0.25, 0.3) is 17.1 Å². The number of methoxy groups -OCH3 is 2. The summed E-state index contributed by atoms with van der Waals surface area (Å²) < 4.78 is 12.4. The van der Waals surface area contributed by atoms with Crippen LogP contribution in [0.1, 0.15) is 11.1 Å². The van der Waals surface area contributed by atoms with Crippen LogP contribution in [-0.4, -0.2) is 46.9 Å². The summed E-state index contributed by atoms with van der Waals surface area (Å²) in [6.07, 6.45) is 1.52. The highest BCUT2D eigenvalue weighted by Crippen LogP contribution is 2.29. The first-order chi connectivity index (χ1) is 17.5. The second-order valence-electron chi connectivity index (χ2n) is 7.67. The second kappa shape index (κ2) is 11.7. The lowest BCUT2D eigenvalue weighted by molar-refractivity contribution is -0.118. The molecule has 0 spiro atoms. The van der Waals surface area contributed by atoms with Gasteiger partial charge in [-0.15, -0.1) is 10.2 Å². The third-order valence-electron chi connectivity index (χ3n) is 5.19. The molecular formula is C26H24ClN5O3S. The molecule has 3 aromatic carbocycles. The van der Waals surface area contributed by atoms with Gasteiger partial charge >= 0.3 is 0 Å². The van der Waals surface area contributed by atoms with Gasteiger partial charge < -0.3 is 9.47 Å². The number of nitrogens with one attached hydrogen (secondary N) is 1. The summed E-state index contributed by atoms with van der Waals surface area (Å²) in [5.41, 5.74) is 6.15. The molecule has 0 atom stereocenters. The van der Waals surface area contributed by atoms with Crippen molar-refractivity contribution in [3.63, 3.8) is 0 Å². The molecule has 0 radical (unpaired) electrons. The number of benzene rings is 3. The largest absolute Gasteiger partial charge is 0.497 e. The van der Waals surface area contributed by atoms with Gasteiger partial charge in [0.15, 0.2) is 11.0 Å². The van der Waals surface area contributed by atoms with Gasteiger partial charge in [-0.25, -0.2) is 5.43 Å². The Kier molecular flexibility index (Phi) is 8.24. The summed E-state index contributed by atoms with van der Waals surface area (Å²) in [4.78, 5) is 12.5. The van der Waals surface area contributed by atoms with Gasteiger partial charge in [0, 0.05) is 27.9 Å². The van der Waals surface area contributed by atoms with Crippen molar-refractivity contribution in [2.24, 2.45) is 5.10 Å². The lowest BCUT2D eigenvalue weighted by Gasteiger charge is -2.10. The van der Waals surface area contributed by atoms with Gasteiger partial charge in [0.25, 0.3) is 5.91 Å². The maximum Gasteiger partial charge on any atom is 0.250 e. The minimum absolute atomic E-state index is 0.0940. The van der Waals surface area contributed by atoms with Crippen LogP contribution >= 0.6 is 23.4 Å². The van der Waals surface area contributed by atoms with Crippen LogP contribution in [0.4, 0.5) is 0 Å². The number of carbonyl (C=O) groups is 1. The molecule has 0 saturated carbocycles. The van der Waals surface area contributed by atoms with E-state index in [-0.39, 0.29) is 11.7 Å². The van der Waals surface area contributed by atoms with Crippen molar-refractivity contribution in [1.29, 1.82) is 0 Å². The molecule has 1 N–H and O–H groups in total. The Morgan fingerprint density at radius 1 is 1.06 bits per heavy atom. The third kappa shape index (κ3) is 6.05. The summed E-state index contributed by atoms with van der Waals surface area (Å²) >= 11 is 7.35. The molecule has 10 heteroatoms. The van der Waals surface area contributed by atoms with Crippen molar-refractivity contribution in [2.45, 2.75) is 12.1 Å². The van der Waals surface area contributed by atoms with E-state index in [1.807, 2.05) is 47.9 Å². The molecular weight excluding hydrogens is 498 g/mol. The number of amides is 1. The van der Waals surface area contributed by atoms with Gasteiger partial charge in [0.1, 0.15) is 11.5 Å². The zero-order valence-electron chi connectivity index (χ0n) is 19.9. The monoisotopic (exact) mass is 521 g/mol. The van der Waals surface area contributed by atoms with Gasteiger partial charge in [-0.3, -0.25) is 9.36 Å². The fourth-order valence-corrected chi connectivity index (χ4v) is 4.21. The van der Waals surface area contributed by atoms with Crippen molar-refractivity contribution in [3.05, 3.63) is 82.9 Å². The number of thioether (sulfide) groups is 1. The Balaban J connectivity index is 1.49. The van der Waals surface area contributed by atoms with E-state index in [9.17, 15) is 4.79 Å². The normalized spacial score (nSPS) is 11.0. The molecule has 4 rings (SSSR count). The maximum atomic E-state index is 12.5. The first-order valence-corrected chi connectivity index (χ1v) is 12.3. The zero-order valence-corrected chi connectivity index (χ0v) is 21.5. The van der Waals surface area contributed by atoms with Gasteiger partial charge in [-0.2, -0.15) is 5.10 Å². The SMILES string of the molecule is COc1ccc(/C=N\NC(=O)CSc2nnc(-c3ccc(C)cc3)n2-c2ccc(Cl)cc2)c(OC)c1. The molecule has 0 bridgehead atoms. The first-order valence-electron chi connectivity index (χ1n) is 10.9. The molecule has 0 aliphatic carbocycles. The Labute approximate surface area is 218 Å². The van der Waals surface area contributed by atoms with E-state index in [1.54, 1.807) is 44.6 Å². The summed E-state index contributed by atoms with van der Waals surface area (Å²) in [6.45, 7) is 2.03. The van der Waals surface area contributed by atoms with Crippen LogP contribution in [0.15, 0.2) is 77.0 Å². The standard InChI is InChI=1S/C26H24ClN5O3S/c1-17-4-6-18(7-5-17)25-30-31-26(32(25)21-11-9-20(27)10-12-21)36-16-24(33)29-28-15-19-8-13-22(34-2)14-23(19)35-3/h4-15H,16H2,1-3H3,(H,29,33)/b28-15-. The average molecular weight is 522 g/mol. The number of hydrazone groups is 1.